The lowest BCUT2D eigenvalue weighted by atomic mass is 10.3. The highest BCUT2D eigenvalue weighted by molar-refractivity contribution is 8.14. The Hall–Kier alpha value is -0.850. The van der Waals surface area contributed by atoms with Gasteiger partial charge in [-0.05, 0) is 0 Å². The van der Waals surface area contributed by atoms with Crippen LogP contribution in [0.5, 0.6) is 0 Å². The lowest BCUT2D eigenvalue weighted by Gasteiger charge is -2.31. The summed E-state index contributed by atoms with van der Waals surface area (Å²) in [6, 6.07) is 1.86. The van der Waals surface area contributed by atoms with E-state index in [1.54, 1.807) is 13.1 Å². The molecule has 6 heteroatoms. The summed E-state index contributed by atoms with van der Waals surface area (Å²) in [7, 11) is 0. The summed E-state index contributed by atoms with van der Waals surface area (Å²) < 4.78 is 5.06. The van der Waals surface area contributed by atoms with Crippen molar-refractivity contribution in [1.82, 2.24) is 15.4 Å². The number of hydrogen-bond acceptors (Lipinski definition) is 6. The number of rotatable bonds is 3. The van der Waals surface area contributed by atoms with E-state index in [0.29, 0.717) is 5.25 Å². The Bertz CT molecular complexity index is 342. The summed E-state index contributed by atoms with van der Waals surface area (Å²) in [5, 5.41) is 7.47. The average molecular weight is 241 g/mol. The third-order valence-corrected chi connectivity index (χ3v) is 3.35. The van der Waals surface area contributed by atoms with Crippen LogP contribution in [0.2, 0.25) is 0 Å². The Morgan fingerprint density at radius 3 is 3.38 bits per heavy atom. The van der Waals surface area contributed by atoms with Crippen LogP contribution in [0.1, 0.15) is 12.7 Å². The van der Waals surface area contributed by atoms with Crippen LogP contribution in [-0.4, -0.2) is 40.2 Å². The summed E-state index contributed by atoms with van der Waals surface area (Å²) in [5.41, 5.74) is 0. The van der Waals surface area contributed by atoms with E-state index in [9.17, 15) is 4.79 Å². The second-order valence-electron chi connectivity index (χ2n) is 3.83. The number of carbonyl (C=O) groups excluding carboxylic acids is 1. The molecule has 1 aromatic heterocycles. The molecule has 0 amide bonds. The molecule has 2 rings (SSSR count). The molecule has 1 aliphatic rings. The Kier molecular flexibility index (Phi) is 3.98. The lowest BCUT2D eigenvalue weighted by Crippen LogP contribution is -2.48. The third kappa shape index (κ3) is 3.33. The molecule has 1 atom stereocenters. The summed E-state index contributed by atoms with van der Waals surface area (Å²) in [4.78, 5) is 13.2. The first-order chi connectivity index (χ1) is 7.74. The van der Waals surface area contributed by atoms with Gasteiger partial charge in [0.1, 0.15) is 0 Å². The topological polar surface area (TPSA) is 58.4 Å². The predicted molar refractivity (Wildman–Crippen MR) is 61.8 cm³/mol. The highest BCUT2D eigenvalue weighted by atomic mass is 32.2. The van der Waals surface area contributed by atoms with Gasteiger partial charge >= 0.3 is 0 Å². The molecular formula is C10H15N3O2S. The normalized spacial score (nSPS) is 22.2. The molecule has 5 nitrogen and oxygen atoms in total. The maximum atomic E-state index is 11.0. The van der Waals surface area contributed by atoms with Crippen LogP contribution < -0.4 is 5.32 Å². The van der Waals surface area contributed by atoms with Crippen molar-refractivity contribution >= 4 is 16.9 Å². The van der Waals surface area contributed by atoms with Gasteiger partial charge < -0.3 is 9.84 Å². The second kappa shape index (κ2) is 5.47. The summed E-state index contributed by atoms with van der Waals surface area (Å²) >= 11 is 1.40. The molecule has 2 heterocycles. The maximum Gasteiger partial charge on any atom is 0.186 e. The third-order valence-electron chi connectivity index (χ3n) is 2.37. The highest BCUT2D eigenvalue weighted by Crippen LogP contribution is 2.16. The first-order valence-electron chi connectivity index (χ1n) is 5.24. The number of nitrogens with zero attached hydrogens (tertiary/aromatic N) is 2. The number of aromatic nitrogens is 1. The van der Waals surface area contributed by atoms with Gasteiger partial charge in [-0.15, -0.1) is 0 Å². The minimum Gasteiger partial charge on any atom is -0.360 e. The van der Waals surface area contributed by atoms with E-state index < -0.39 is 0 Å². The van der Waals surface area contributed by atoms with Gasteiger partial charge in [0, 0.05) is 38.0 Å². The van der Waals surface area contributed by atoms with Crippen LogP contribution in [0.15, 0.2) is 16.8 Å². The first-order valence-corrected chi connectivity index (χ1v) is 6.12. The van der Waals surface area contributed by atoms with E-state index in [-0.39, 0.29) is 5.12 Å². The number of hydrogen-bond donors (Lipinski definition) is 1. The molecule has 1 aromatic rings. The van der Waals surface area contributed by atoms with E-state index in [1.165, 1.54) is 11.8 Å². The number of thioether (sulfide) groups is 1. The van der Waals surface area contributed by atoms with E-state index in [1.807, 2.05) is 6.07 Å². The molecule has 0 spiro atoms. The van der Waals surface area contributed by atoms with E-state index in [4.69, 9.17) is 4.52 Å². The van der Waals surface area contributed by atoms with Crippen molar-refractivity contribution in [3.63, 3.8) is 0 Å². The molecule has 1 unspecified atom stereocenters. The lowest BCUT2D eigenvalue weighted by molar-refractivity contribution is -0.109. The molecule has 1 aliphatic heterocycles. The molecule has 1 fully saturated rings. The van der Waals surface area contributed by atoms with Gasteiger partial charge in [0.2, 0.25) is 0 Å². The molecule has 1 saturated heterocycles. The van der Waals surface area contributed by atoms with E-state index in [2.05, 4.69) is 15.4 Å². The van der Waals surface area contributed by atoms with Gasteiger partial charge in [0.05, 0.1) is 12.7 Å². The average Bonchev–Trinajstić information content (AvgIpc) is 2.70. The fraction of sp³-hybridized carbons (Fsp3) is 0.600. The van der Waals surface area contributed by atoms with Crippen LogP contribution in [0.25, 0.3) is 0 Å². The number of nitrogens with one attached hydrogen (secondary N) is 1. The molecule has 88 valence electrons. The van der Waals surface area contributed by atoms with Crippen molar-refractivity contribution in [3.8, 4) is 0 Å². The summed E-state index contributed by atoms with van der Waals surface area (Å²) in [6.45, 7) is 4.97. The Morgan fingerprint density at radius 2 is 2.69 bits per heavy atom. The van der Waals surface area contributed by atoms with Crippen LogP contribution in [0.3, 0.4) is 0 Å². The molecule has 1 N–H and O–H groups in total. The van der Waals surface area contributed by atoms with E-state index >= 15 is 0 Å². The van der Waals surface area contributed by atoms with Crippen LogP contribution in [0, 0.1) is 0 Å². The SMILES string of the molecule is CC(=O)SC1CNCN(Cc2ccno2)C1. The molecule has 16 heavy (non-hydrogen) atoms. The standard InChI is InChI=1S/C10H15N3O2S/c1-8(14)16-10-4-11-7-13(6-10)5-9-2-3-12-15-9/h2-3,10-11H,4-7H2,1H3. The first kappa shape index (κ1) is 11.6. The minimum absolute atomic E-state index is 0.174. The van der Waals surface area contributed by atoms with Crippen molar-refractivity contribution < 1.29 is 9.32 Å². The zero-order chi connectivity index (χ0) is 11.4. The largest absolute Gasteiger partial charge is 0.360 e. The second-order valence-corrected chi connectivity index (χ2v) is 5.31. The molecule has 0 radical (unpaired) electrons. The molecular weight excluding hydrogens is 226 g/mol. The number of carbonyl (C=O) groups is 1. The van der Waals surface area contributed by atoms with Gasteiger partial charge in [-0.3, -0.25) is 9.69 Å². The van der Waals surface area contributed by atoms with Crippen molar-refractivity contribution in [3.05, 3.63) is 18.0 Å². The molecule has 0 aromatic carbocycles. The van der Waals surface area contributed by atoms with Crippen molar-refractivity contribution in [2.75, 3.05) is 19.8 Å². The zero-order valence-electron chi connectivity index (χ0n) is 9.18. The maximum absolute atomic E-state index is 11.0. The van der Waals surface area contributed by atoms with Gasteiger partial charge in [0.15, 0.2) is 10.9 Å². The van der Waals surface area contributed by atoms with Crippen LogP contribution in [0.4, 0.5) is 0 Å². The fourth-order valence-corrected chi connectivity index (χ4v) is 2.73. The van der Waals surface area contributed by atoms with Gasteiger partial charge in [0.25, 0.3) is 0 Å². The zero-order valence-corrected chi connectivity index (χ0v) is 10.00. The van der Waals surface area contributed by atoms with Gasteiger partial charge in [-0.2, -0.15) is 0 Å². The van der Waals surface area contributed by atoms with Gasteiger partial charge in [-0.25, -0.2) is 0 Å². The predicted octanol–water partition coefficient (Wildman–Crippen LogP) is 0.686. The van der Waals surface area contributed by atoms with Crippen molar-refractivity contribution in [2.24, 2.45) is 0 Å². The van der Waals surface area contributed by atoms with Crippen LogP contribution >= 0.6 is 11.8 Å². The smallest absolute Gasteiger partial charge is 0.186 e. The Balaban J connectivity index is 1.84. The van der Waals surface area contributed by atoms with Crippen molar-refractivity contribution in [2.45, 2.75) is 18.7 Å². The monoisotopic (exact) mass is 241 g/mol. The Morgan fingerprint density at radius 1 is 1.81 bits per heavy atom. The summed E-state index contributed by atoms with van der Waals surface area (Å²) in [6.07, 6.45) is 1.65. The van der Waals surface area contributed by atoms with E-state index in [0.717, 1.165) is 32.1 Å². The molecule has 0 aliphatic carbocycles. The summed E-state index contributed by atoms with van der Waals surface area (Å²) in [5.74, 6) is 0.857. The highest BCUT2D eigenvalue weighted by Gasteiger charge is 2.21. The van der Waals surface area contributed by atoms with Crippen molar-refractivity contribution in [1.29, 1.82) is 0 Å². The van der Waals surface area contributed by atoms with Crippen LogP contribution in [-0.2, 0) is 11.3 Å². The quantitative estimate of drug-likeness (QED) is 0.840. The molecule has 0 saturated carbocycles. The Labute approximate surface area is 98.5 Å². The fourth-order valence-electron chi connectivity index (χ4n) is 1.78. The van der Waals surface area contributed by atoms with Gasteiger partial charge in [-0.1, -0.05) is 16.9 Å². The molecule has 0 bridgehead atoms. The minimum atomic E-state index is 0.174.